The van der Waals surface area contributed by atoms with Crippen LogP contribution in [0.3, 0.4) is 0 Å². The number of amides is 1. The van der Waals surface area contributed by atoms with E-state index in [1.54, 1.807) is 32.4 Å². The first-order valence-corrected chi connectivity index (χ1v) is 9.81. The lowest BCUT2D eigenvalue weighted by Gasteiger charge is -2.15. The fourth-order valence-corrected chi connectivity index (χ4v) is 3.32. The van der Waals surface area contributed by atoms with Crippen LogP contribution in [0.25, 0.3) is 0 Å². The summed E-state index contributed by atoms with van der Waals surface area (Å²) in [4.78, 5) is 12.9. The first-order chi connectivity index (χ1) is 14.0. The van der Waals surface area contributed by atoms with Crippen LogP contribution in [0, 0.1) is 6.92 Å². The highest BCUT2D eigenvalue weighted by Gasteiger charge is 2.15. The van der Waals surface area contributed by atoms with Gasteiger partial charge in [0.2, 0.25) is 0 Å². The van der Waals surface area contributed by atoms with Crippen molar-refractivity contribution in [2.24, 2.45) is 0 Å². The van der Waals surface area contributed by atoms with E-state index in [9.17, 15) is 4.79 Å². The third-order valence-corrected chi connectivity index (χ3v) is 4.89. The molecule has 150 valence electrons. The van der Waals surface area contributed by atoms with Crippen molar-refractivity contribution in [3.05, 3.63) is 81.8 Å². The van der Waals surface area contributed by atoms with Gasteiger partial charge in [-0.3, -0.25) is 4.79 Å². The monoisotopic (exact) mass is 455 g/mol. The molecule has 0 saturated heterocycles. The van der Waals surface area contributed by atoms with Gasteiger partial charge in [-0.1, -0.05) is 40.2 Å². The summed E-state index contributed by atoms with van der Waals surface area (Å²) in [7, 11) is 3.14. The molecular weight excluding hydrogens is 434 g/mol. The zero-order valence-corrected chi connectivity index (χ0v) is 18.1. The van der Waals surface area contributed by atoms with Crippen LogP contribution >= 0.6 is 15.9 Å². The number of carbonyl (C=O) groups is 1. The fraction of sp³-hybridized carbons (Fsp3) is 0.174. The summed E-state index contributed by atoms with van der Waals surface area (Å²) in [5.74, 6) is 1.42. The molecule has 29 heavy (non-hydrogen) atoms. The third kappa shape index (κ3) is 5.09. The molecule has 1 amide bonds. The quantitative estimate of drug-likeness (QED) is 0.503. The topological polar surface area (TPSA) is 56.8 Å². The van der Waals surface area contributed by atoms with Crippen LogP contribution in [0.4, 0.5) is 5.69 Å². The minimum absolute atomic E-state index is 0.259. The number of anilines is 1. The minimum atomic E-state index is -0.259. The van der Waals surface area contributed by atoms with Gasteiger partial charge in [-0.25, -0.2) is 0 Å². The van der Waals surface area contributed by atoms with Gasteiger partial charge in [0, 0.05) is 16.2 Å². The van der Waals surface area contributed by atoms with Crippen LogP contribution in [0.5, 0.6) is 17.2 Å². The van der Waals surface area contributed by atoms with Crippen LogP contribution in [0.1, 0.15) is 21.5 Å². The Morgan fingerprint density at radius 1 is 0.931 bits per heavy atom. The summed E-state index contributed by atoms with van der Waals surface area (Å²) >= 11 is 3.45. The molecule has 0 spiro atoms. The van der Waals surface area contributed by atoms with Crippen molar-refractivity contribution < 1.29 is 19.0 Å². The van der Waals surface area contributed by atoms with Crippen LogP contribution in [-0.2, 0) is 6.61 Å². The fourth-order valence-electron chi connectivity index (χ4n) is 2.87. The Labute approximate surface area is 178 Å². The Morgan fingerprint density at radius 3 is 2.38 bits per heavy atom. The molecule has 3 rings (SSSR count). The van der Waals surface area contributed by atoms with Crippen molar-refractivity contribution in [1.82, 2.24) is 0 Å². The SMILES string of the molecule is COc1cc(C)c(NC(=O)c2ccccc2OCc2cccc(Br)c2)cc1OC. The zero-order valence-electron chi connectivity index (χ0n) is 16.5. The smallest absolute Gasteiger partial charge is 0.259 e. The number of aryl methyl sites for hydroxylation is 1. The van der Waals surface area contributed by atoms with Crippen molar-refractivity contribution in [2.45, 2.75) is 13.5 Å². The number of hydrogen-bond donors (Lipinski definition) is 1. The number of hydrogen-bond acceptors (Lipinski definition) is 4. The molecule has 0 aliphatic heterocycles. The van der Waals surface area contributed by atoms with Gasteiger partial charge in [0.25, 0.3) is 5.91 Å². The van der Waals surface area contributed by atoms with Gasteiger partial charge in [-0.15, -0.1) is 0 Å². The maximum atomic E-state index is 12.9. The molecule has 0 atom stereocenters. The number of ether oxygens (including phenoxy) is 3. The number of methoxy groups -OCH3 is 2. The second-order valence-electron chi connectivity index (χ2n) is 6.39. The summed E-state index contributed by atoms with van der Waals surface area (Å²) in [5.41, 5.74) is 2.97. The third-order valence-electron chi connectivity index (χ3n) is 4.39. The maximum absolute atomic E-state index is 12.9. The molecular formula is C23H22BrNO4. The normalized spacial score (nSPS) is 10.3. The average Bonchev–Trinajstić information content (AvgIpc) is 2.73. The van der Waals surface area contributed by atoms with Crippen molar-refractivity contribution in [1.29, 1.82) is 0 Å². The zero-order chi connectivity index (χ0) is 20.8. The first-order valence-electron chi connectivity index (χ1n) is 9.02. The lowest BCUT2D eigenvalue weighted by molar-refractivity contribution is 0.102. The van der Waals surface area contributed by atoms with Crippen molar-refractivity contribution in [3.63, 3.8) is 0 Å². The molecule has 0 saturated carbocycles. The highest BCUT2D eigenvalue weighted by molar-refractivity contribution is 9.10. The van der Waals surface area contributed by atoms with Gasteiger partial charge < -0.3 is 19.5 Å². The van der Waals surface area contributed by atoms with E-state index in [0.29, 0.717) is 35.1 Å². The van der Waals surface area contributed by atoms with E-state index in [1.807, 2.05) is 49.4 Å². The summed E-state index contributed by atoms with van der Waals surface area (Å²) in [5, 5.41) is 2.94. The molecule has 0 radical (unpaired) electrons. The predicted octanol–water partition coefficient (Wildman–Crippen LogP) is 5.61. The molecule has 0 heterocycles. The van der Waals surface area contributed by atoms with E-state index < -0.39 is 0 Å². The molecule has 0 unspecified atom stereocenters. The molecule has 5 nitrogen and oxygen atoms in total. The molecule has 3 aromatic rings. The summed E-state index contributed by atoms with van der Waals surface area (Å²) in [6.45, 7) is 2.26. The molecule has 0 aliphatic rings. The molecule has 0 bridgehead atoms. The van der Waals surface area contributed by atoms with Gasteiger partial charge >= 0.3 is 0 Å². The highest BCUT2D eigenvalue weighted by atomic mass is 79.9. The van der Waals surface area contributed by atoms with Gasteiger partial charge in [0.05, 0.1) is 19.8 Å². The second kappa shape index (κ2) is 9.47. The maximum Gasteiger partial charge on any atom is 0.259 e. The van der Waals surface area contributed by atoms with Crippen molar-refractivity contribution in [3.8, 4) is 17.2 Å². The predicted molar refractivity (Wildman–Crippen MR) is 117 cm³/mol. The number of halogens is 1. The molecule has 0 aliphatic carbocycles. The number of carbonyl (C=O) groups excluding carboxylic acids is 1. The largest absolute Gasteiger partial charge is 0.493 e. The van der Waals surface area contributed by atoms with E-state index in [-0.39, 0.29) is 5.91 Å². The van der Waals surface area contributed by atoms with Crippen LogP contribution in [0.2, 0.25) is 0 Å². The Hall–Kier alpha value is -2.99. The summed E-state index contributed by atoms with van der Waals surface area (Å²) in [6.07, 6.45) is 0. The van der Waals surface area contributed by atoms with Crippen molar-refractivity contribution >= 4 is 27.5 Å². The second-order valence-corrected chi connectivity index (χ2v) is 7.31. The molecule has 0 aromatic heterocycles. The van der Waals surface area contributed by atoms with E-state index in [0.717, 1.165) is 15.6 Å². The van der Waals surface area contributed by atoms with E-state index >= 15 is 0 Å². The summed E-state index contributed by atoms with van der Waals surface area (Å²) in [6, 6.07) is 18.6. The lowest BCUT2D eigenvalue weighted by atomic mass is 10.1. The number of para-hydroxylation sites is 1. The Balaban J connectivity index is 1.80. The Morgan fingerprint density at radius 2 is 1.66 bits per heavy atom. The highest BCUT2D eigenvalue weighted by Crippen LogP contribution is 2.33. The Kier molecular flexibility index (Phi) is 6.77. The van der Waals surface area contributed by atoms with Crippen LogP contribution in [-0.4, -0.2) is 20.1 Å². The average molecular weight is 456 g/mol. The van der Waals surface area contributed by atoms with Crippen LogP contribution in [0.15, 0.2) is 65.1 Å². The standard InChI is InChI=1S/C23H22BrNO4/c1-15-11-21(27-2)22(28-3)13-19(15)25-23(26)18-9-4-5-10-20(18)29-14-16-7-6-8-17(24)12-16/h4-13H,14H2,1-3H3,(H,25,26). The first kappa shape index (κ1) is 20.7. The molecule has 3 aromatic carbocycles. The lowest BCUT2D eigenvalue weighted by Crippen LogP contribution is -2.14. The molecule has 0 fully saturated rings. The van der Waals surface area contributed by atoms with Crippen molar-refractivity contribution in [2.75, 3.05) is 19.5 Å². The minimum Gasteiger partial charge on any atom is -0.493 e. The van der Waals surface area contributed by atoms with E-state index in [2.05, 4.69) is 21.2 Å². The Bertz CT molecular complexity index is 1020. The number of benzene rings is 3. The van der Waals surface area contributed by atoms with E-state index in [1.165, 1.54) is 0 Å². The van der Waals surface area contributed by atoms with E-state index in [4.69, 9.17) is 14.2 Å². The van der Waals surface area contributed by atoms with Crippen LogP contribution < -0.4 is 19.5 Å². The number of nitrogens with one attached hydrogen (secondary N) is 1. The molecule has 1 N–H and O–H groups in total. The van der Waals surface area contributed by atoms with Gasteiger partial charge in [-0.05, 0) is 48.4 Å². The molecule has 6 heteroatoms. The van der Waals surface area contributed by atoms with Gasteiger partial charge in [0.15, 0.2) is 11.5 Å². The van der Waals surface area contributed by atoms with Gasteiger partial charge in [0.1, 0.15) is 12.4 Å². The summed E-state index contributed by atoms with van der Waals surface area (Å²) < 4.78 is 17.5. The van der Waals surface area contributed by atoms with Gasteiger partial charge in [-0.2, -0.15) is 0 Å². The number of rotatable bonds is 7.